The highest BCUT2D eigenvalue weighted by Gasteiger charge is 1.96. The van der Waals surface area contributed by atoms with Gasteiger partial charge in [-0.2, -0.15) is 5.26 Å². The Morgan fingerprint density at radius 1 is 1.29 bits per heavy atom. The molecule has 2 heteroatoms. The van der Waals surface area contributed by atoms with Gasteiger partial charge in [-0.1, -0.05) is 6.07 Å². The minimum absolute atomic E-state index is 0.665. The molecule has 1 nitrogen and oxygen atoms in total. The number of hydrogen-bond donors (Lipinski definition) is 0. The minimum atomic E-state index is 0.665. The lowest BCUT2D eigenvalue weighted by molar-refractivity contribution is 0.981. The lowest BCUT2D eigenvalue weighted by Gasteiger charge is -2.03. The van der Waals surface area contributed by atoms with Crippen molar-refractivity contribution in [2.24, 2.45) is 0 Å². The van der Waals surface area contributed by atoms with E-state index >= 15 is 0 Å². The maximum Gasteiger partial charge on any atom is 0.0622 e. The van der Waals surface area contributed by atoms with Crippen LogP contribution in [0.3, 0.4) is 0 Å². The molecule has 0 saturated carbocycles. The van der Waals surface area contributed by atoms with Crippen LogP contribution in [0.15, 0.2) is 23.1 Å². The first-order valence-electron chi connectivity index (χ1n) is 4.81. The topological polar surface area (TPSA) is 23.8 Å². The molecule has 0 spiro atoms. The number of thioether (sulfide) groups is 1. The zero-order valence-electron chi connectivity index (χ0n) is 8.71. The van der Waals surface area contributed by atoms with Crippen LogP contribution in [-0.2, 0) is 0 Å². The van der Waals surface area contributed by atoms with Gasteiger partial charge in [0.05, 0.1) is 6.07 Å². The Morgan fingerprint density at radius 2 is 2.07 bits per heavy atom. The van der Waals surface area contributed by atoms with E-state index in [4.69, 9.17) is 5.26 Å². The second-order valence-electron chi connectivity index (χ2n) is 3.36. The number of unbranched alkanes of at least 4 members (excludes halogenated alkanes) is 1. The third-order valence-electron chi connectivity index (χ3n) is 2.18. The summed E-state index contributed by atoms with van der Waals surface area (Å²) in [5.74, 6) is 1.04. The first-order valence-corrected chi connectivity index (χ1v) is 5.79. The fourth-order valence-corrected chi connectivity index (χ4v) is 2.09. The monoisotopic (exact) mass is 205 g/mol. The SMILES string of the molecule is Cc1ccc(SCCCC#N)cc1C. The molecule has 0 fully saturated rings. The summed E-state index contributed by atoms with van der Waals surface area (Å²) in [6.07, 6.45) is 1.64. The van der Waals surface area contributed by atoms with Gasteiger partial charge in [0.15, 0.2) is 0 Å². The van der Waals surface area contributed by atoms with E-state index in [1.807, 2.05) is 11.8 Å². The summed E-state index contributed by atoms with van der Waals surface area (Å²) in [6, 6.07) is 8.68. The van der Waals surface area contributed by atoms with Crippen molar-refractivity contribution >= 4 is 11.8 Å². The van der Waals surface area contributed by atoms with E-state index in [2.05, 4.69) is 38.1 Å². The van der Waals surface area contributed by atoms with Crippen molar-refractivity contribution in [1.29, 1.82) is 5.26 Å². The van der Waals surface area contributed by atoms with E-state index in [1.54, 1.807) is 0 Å². The fraction of sp³-hybridized carbons (Fsp3) is 0.417. The van der Waals surface area contributed by atoms with Gasteiger partial charge in [0.2, 0.25) is 0 Å². The van der Waals surface area contributed by atoms with Crippen LogP contribution in [0.25, 0.3) is 0 Å². The van der Waals surface area contributed by atoms with Gasteiger partial charge in [0.1, 0.15) is 0 Å². The zero-order valence-corrected chi connectivity index (χ0v) is 9.53. The smallest absolute Gasteiger partial charge is 0.0622 e. The molecule has 1 aromatic carbocycles. The van der Waals surface area contributed by atoms with Crippen molar-refractivity contribution in [2.75, 3.05) is 5.75 Å². The van der Waals surface area contributed by atoms with Gasteiger partial charge in [-0.25, -0.2) is 0 Å². The van der Waals surface area contributed by atoms with E-state index in [9.17, 15) is 0 Å². The molecule has 0 aliphatic rings. The standard InChI is InChI=1S/C12H15NS/c1-10-5-6-12(9-11(10)2)14-8-4-3-7-13/h5-6,9H,3-4,8H2,1-2H3. The van der Waals surface area contributed by atoms with Crippen molar-refractivity contribution < 1.29 is 0 Å². The molecule has 0 aliphatic heterocycles. The van der Waals surface area contributed by atoms with E-state index in [1.165, 1.54) is 16.0 Å². The number of nitrogens with zero attached hydrogens (tertiary/aromatic N) is 1. The molecular weight excluding hydrogens is 190 g/mol. The summed E-state index contributed by atoms with van der Waals surface area (Å²) in [5.41, 5.74) is 2.68. The summed E-state index contributed by atoms with van der Waals surface area (Å²) in [7, 11) is 0. The van der Waals surface area contributed by atoms with Crippen LogP contribution in [0.5, 0.6) is 0 Å². The van der Waals surface area contributed by atoms with E-state index < -0.39 is 0 Å². The van der Waals surface area contributed by atoms with E-state index in [-0.39, 0.29) is 0 Å². The van der Waals surface area contributed by atoms with Crippen molar-refractivity contribution in [1.82, 2.24) is 0 Å². The van der Waals surface area contributed by atoms with Gasteiger partial charge in [-0.05, 0) is 49.3 Å². The highest BCUT2D eigenvalue weighted by Crippen LogP contribution is 2.21. The molecule has 0 unspecified atom stereocenters. The van der Waals surface area contributed by atoms with Gasteiger partial charge in [-0.15, -0.1) is 11.8 Å². The Labute approximate surface area is 90.1 Å². The normalized spacial score (nSPS) is 9.79. The highest BCUT2D eigenvalue weighted by atomic mass is 32.2. The molecule has 0 saturated heterocycles. The van der Waals surface area contributed by atoms with Crippen molar-refractivity contribution in [3.8, 4) is 6.07 Å². The van der Waals surface area contributed by atoms with Crippen LogP contribution in [0, 0.1) is 25.2 Å². The van der Waals surface area contributed by atoms with Gasteiger partial charge in [0, 0.05) is 11.3 Å². The quantitative estimate of drug-likeness (QED) is 0.553. The van der Waals surface area contributed by atoms with Gasteiger partial charge in [0.25, 0.3) is 0 Å². The molecule has 0 N–H and O–H groups in total. The summed E-state index contributed by atoms with van der Waals surface area (Å²) in [5, 5.41) is 8.38. The number of nitriles is 1. The maximum atomic E-state index is 8.38. The zero-order chi connectivity index (χ0) is 10.4. The minimum Gasteiger partial charge on any atom is -0.198 e. The molecule has 0 aromatic heterocycles. The predicted molar refractivity (Wildman–Crippen MR) is 61.5 cm³/mol. The molecular formula is C12H15NS. The summed E-state index contributed by atoms with van der Waals surface area (Å²) < 4.78 is 0. The summed E-state index contributed by atoms with van der Waals surface area (Å²) in [6.45, 7) is 4.26. The number of rotatable bonds is 4. The van der Waals surface area contributed by atoms with Crippen LogP contribution in [0.1, 0.15) is 24.0 Å². The van der Waals surface area contributed by atoms with E-state index in [0.29, 0.717) is 6.42 Å². The molecule has 0 heterocycles. The van der Waals surface area contributed by atoms with Crippen LogP contribution in [0.4, 0.5) is 0 Å². The van der Waals surface area contributed by atoms with E-state index in [0.717, 1.165) is 12.2 Å². The fourth-order valence-electron chi connectivity index (χ4n) is 1.14. The largest absolute Gasteiger partial charge is 0.198 e. The second-order valence-corrected chi connectivity index (χ2v) is 4.52. The van der Waals surface area contributed by atoms with Crippen LogP contribution < -0.4 is 0 Å². The van der Waals surface area contributed by atoms with Crippen molar-refractivity contribution in [3.63, 3.8) is 0 Å². The molecule has 0 atom stereocenters. The van der Waals surface area contributed by atoms with Gasteiger partial charge in [-0.3, -0.25) is 0 Å². The van der Waals surface area contributed by atoms with Crippen molar-refractivity contribution in [3.05, 3.63) is 29.3 Å². The molecule has 0 aliphatic carbocycles. The highest BCUT2D eigenvalue weighted by molar-refractivity contribution is 7.99. The molecule has 1 rings (SSSR count). The van der Waals surface area contributed by atoms with Crippen LogP contribution in [-0.4, -0.2) is 5.75 Å². The Morgan fingerprint density at radius 3 is 2.71 bits per heavy atom. The first-order chi connectivity index (χ1) is 6.74. The number of aryl methyl sites for hydroxylation is 2. The molecule has 14 heavy (non-hydrogen) atoms. The average molecular weight is 205 g/mol. The molecule has 0 radical (unpaired) electrons. The summed E-state index contributed by atoms with van der Waals surface area (Å²) in [4.78, 5) is 1.31. The van der Waals surface area contributed by atoms with Crippen LogP contribution >= 0.6 is 11.8 Å². The number of benzene rings is 1. The Balaban J connectivity index is 2.44. The molecule has 0 amide bonds. The number of hydrogen-bond acceptors (Lipinski definition) is 2. The Hall–Kier alpha value is -0.940. The maximum absolute atomic E-state index is 8.38. The van der Waals surface area contributed by atoms with Crippen molar-refractivity contribution in [2.45, 2.75) is 31.6 Å². The van der Waals surface area contributed by atoms with Gasteiger partial charge >= 0.3 is 0 Å². The lowest BCUT2D eigenvalue weighted by Crippen LogP contribution is -1.83. The second kappa shape index (κ2) is 5.72. The Kier molecular flexibility index (Phi) is 4.55. The third kappa shape index (κ3) is 3.43. The molecule has 1 aromatic rings. The average Bonchev–Trinajstić information content (AvgIpc) is 2.18. The Bertz CT molecular complexity index is 339. The third-order valence-corrected chi connectivity index (χ3v) is 3.26. The predicted octanol–water partition coefficient (Wildman–Crippen LogP) is 3.70. The molecule has 0 bridgehead atoms. The molecule has 74 valence electrons. The lowest BCUT2D eigenvalue weighted by atomic mass is 10.1. The van der Waals surface area contributed by atoms with Crippen LogP contribution in [0.2, 0.25) is 0 Å². The van der Waals surface area contributed by atoms with Gasteiger partial charge < -0.3 is 0 Å². The first kappa shape index (κ1) is 11.1. The summed E-state index contributed by atoms with van der Waals surface area (Å²) >= 11 is 1.83.